The number of pyridine rings is 1. The van der Waals surface area contributed by atoms with Crippen LogP contribution in [0.15, 0.2) is 23.2 Å². The lowest BCUT2D eigenvalue weighted by molar-refractivity contribution is -0.389. The first-order valence-corrected chi connectivity index (χ1v) is 7.16. The van der Waals surface area contributed by atoms with Gasteiger partial charge in [0, 0.05) is 19.2 Å². The summed E-state index contributed by atoms with van der Waals surface area (Å²) in [4.78, 5) is 13.0. The van der Waals surface area contributed by atoms with Crippen LogP contribution in [0.4, 0.5) is 5.82 Å². The molecule has 106 valence electrons. The molecule has 1 aromatic rings. The SMILES string of the molecule is O=[N+]([O-])c1ccc(S(=O)(=O)NCCCCCO)cn1. The molecule has 0 aliphatic rings. The van der Waals surface area contributed by atoms with Crippen LogP contribution in [0.1, 0.15) is 19.3 Å². The first-order chi connectivity index (χ1) is 8.97. The van der Waals surface area contributed by atoms with Gasteiger partial charge in [-0.25, -0.2) is 13.1 Å². The van der Waals surface area contributed by atoms with Crippen molar-refractivity contribution >= 4 is 15.8 Å². The summed E-state index contributed by atoms with van der Waals surface area (Å²) in [5.74, 6) is -0.401. The Balaban J connectivity index is 2.59. The molecule has 0 unspecified atom stereocenters. The molecule has 9 heteroatoms. The fourth-order valence-electron chi connectivity index (χ4n) is 1.34. The quantitative estimate of drug-likeness (QED) is 0.406. The van der Waals surface area contributed by atoms with Gasteiger partial charge in [0.05, 0.1) is 0 Å². The van der Waals surface area contributed by atoms with Gasteiger partial charge in [-0.15, -0.1) is 0 Å². The van der Waals surface area contributed by atoms with Crippen molar-refractivity contribution in [3.05, 3.63) is 28.4 Å². The van der Waals surface area contributed by atoms with Crippen molar-refractivity contribution < 1.29 is 18.4 Å². The van der Waals surface area contributed by atoms with E-state index < -0.39 is 20.8 Å². The lowest BCUT2D eigenvalue weighted by Gasteiger charge is -2.04. The van der Waals surface area contributed by atoms with Gasteiger partial charge in [-0.2, -0.15) is 0 Å². The number of nitrogens with zero attached hydrogens (tertiary/aromatic N) is 2. The Morgan fingerprint density at radius 2 is 2.05 bits per heavy atom. The maximum absolute atomic E-state index is 11.8. The van der Waals surface area contributed by atoms with Crippen molar-refractivity contribution in [1.82, 2.24) is 9.71 Å². The maximum atomic E-state index is 11.8. The minimum Gasteiger partial charge on any atom is -0.396 e. The van der Waals surface area contributed by atoms with Gasteiger partial charge in [0.1, 0.15) is 4.90 Å². The van der Waals surface area contributed by atoms with Gasteiger partial charge in [-0.05, 0) is 35.2 Å². The number of hydrogen-bond donors (Lipinski definition) is 2. The maximum Gasteiger partial charge on any atom is 0.363 e. The number of aromatic nitrogens is 1. The molecule has 0 aromatic carbocycles. The molecule has 0 spiro atoms. The number of hydrogen-bond acceptors (Lipinski definition) is 6. The summed E-state index contributed by atoms with van der Waals surface area (Å²) in [6, 6.07) is 2.18. The second-order valence-corrected chi connectivity index (χ2v) is 5.56. The van der Waals surface area contributed by atoms with Gasteiger partial charge in [0.15, 0.2) is 6.20 Å². The minimum atomic E-state index is -3.69. The largest absolute Gasteiger partial charge is 0.396 e. The molecule has 1 rings (SSSR count). The highest BCUT2D eigenvalue weighted by atomic mass is 32.2. The van der Waals surface area contributed by atoms with E-state index in [-0.39, 0.29) is 18.0 Å². The Labute approximate surface area is 110 Å². The molecule has 0 radical (unpaired) electrons. The zero-order valence-electron chi connectivity index (χ0n) is 10.2. The molecule has 0 amide bonds. The molecule has 2 N–H and O–H groups in total. The smallest absolute Gasteiger partial charge is 0.363 e. The van der Waals surface area contributed by atoms with Crippen molar-refractivity contribution in [2.75, 3.05) is 13.2 Å². The van der Waals surface area contributed by atoms with E-state index in [0.717, 1.165) is 24.8 Å². The van der Waals surface area contributed by atoms with Crippen molar-refractivity contribution in [2.24, 2.45) is 0 Å². The highest BCUT2D eigenvalue weighted by Gasteiger charge is 2.17. The number of sulfonamides is 1. The van der Waals surface area contributed by atoms with Crippen molar-refractivity contribution in [2.45, 2.75) is 24.2 Å². The molecule has 19 heavy (non-hydrogen) atoms. The first kappa shape index (κ1) is 15.5. The van der Waals surface area contributed by atoms with E-state index >= 15 is 0 Å². The second kappa shape index (κ2) is 7.12. The van der Waals surface area contributed by atoms with Crippen molar-refractivity contribution in [3.63, 3.8) is 0 Å². The summed E-state index contributed by atoms with van der Waals surface area (Å²) in [6.45, 7) is 0.332. The number of nitro groups is 1. The monoisotopic (exact) mass is 289 g/mol. The van der Waals surface area contributed by atoms with Crippen LogP contribution >= 0.6 is 0 Å². The molecule has 0 bridgehead atoms. The zero-order valence-corrected chi connectivity index (χ0v) is 11.0. The average Bonchev–Trinajstić information content (AvgIpc) is 2.38. The number of nitrogens with one attached hydrogen (secondary N) is 1. The van der Waals surface area contributed by atoms with E-state index in [1.165, 1.54) is 0 Å². The normalized spacial score (nSPS) is 11.4. The standard InChI is InChI=1S/C10H15N3O5S/c14-7-3-1-2-6-12-19(17,18)9-4-5-10(11-8-9)13(15)16/h4-5,8,12,14H,1-3,6-7H2. The van der Waals surface area contributed by atoms with Gasteiger partial charge in [-0.1, -0.05) is 0 Å². The van der Waals surface area contributed by atoms with Crippen molar-refractivity contribution in [1.29, 1.82) is 0 Å². The van der Waals surface area contributed by atoms with E-state index in [4.69, 9.17) is 5.11 Å². The third-order valence-corrected chi connectivity index (χ3v) is 3.79. The Morgan fingerprint density at radius 3 is 2.58 bits per heavy atom. The van der Waals surface area contributed by atoms with Crippen LogP contribution in [0.3, 0.4) is 0 Å². The summed E-state index contributed by atoms with van der Waals surface area (Å²) in [5.41, 5.74) is 0. The molecular formula is C10H15N3O5S. The number of aliphatic hydroxyl groups is 1. The van der Waals surface area contributed by atoms with Gasteiger partial charge >= 0.3 is 5.82 Å². The van der Waals surface area contributed by atoms with Crippen LogP contribution in [-0.4, -0.2) is 36.6 Å². The van der Waals surface area contributed by atoms with Crippen LogP contribution in [0.25, 0.3) is 0 Å². The van der Waals surface area contributed by atoms with Crippen LogP contribution in [0.2, 0.25) is 0 Å². The summed E-state index contributed by atoms with van der Waals surface area (Å²) in [7, 11) is -3.69. The number of unbranched alkanes of at least 4 members (excludes halogenated alkanes) is 2. The summed E-state index contributed by atoms with van der Waals surface area (Å²) in [5, 5.41) is 19.0. The third kappa shape index (κ3) is 4.89. The average molecular weight is 289 g/mol. The fraction of sp³-hybridized carbons (Fsp3) is 0.500. The van der Waals surface area contributed by atoms with Gasteiger partial charge < -0.3 is 15.2 Å². The molecule has 0 fully saturated rings. The molecule has 8 nitrogen and oxygen atoms in total. The first-order valence-electron chi connectivity index (χ1n) is 5.68. The molecule has 0 atom stereocenters. The Kier molecular flexibility index (Phi) is 5.80. The van der Waals surface area contributed by atoms with Crippen LogP contribution in [0, 0.1) is 10.1 Å². The minimum absolute atomic E-state index is 0.0824. The summed E-state index contributed by atoms with van der Waals surface area (Å²) < 4.78 is 25.9. The lowest BCUT2D eigenvalue weighted by Crippen LogP contribution is -2.25. The van der Waals surface area contributed by atoms with E-state index in [1.807, 2.05) is 0 Å². The molecule has 0 saturated heterocycles. The van der Waals surface area contributed by atoms with Gasteiger partial charge in [0.25, 0.3) is 0 Å². The second-order valence-electron chi connectivity index (χ2n) is 3.79. The Morgan fingerprint density at radius 1 is 1.32 bits per heavy atom. The molecule has 0 aliphatic heterocycles. The van der Waals surface area contributed by atoms with Crippen LogP contribution in [0.5, 0.6) is 0 Å². The zero-order chi connectivity index (χ0) is 14.3. The predicted molar refractivity (Wildman–Crippen MR) is 67.0 cm³/mol. The van der Waals surface area contributed by atoms with Crippen LogP contribution < -0.4 is 4.72 Å². The molecule has 0 saturated carbocycles. The van der Waals surface area contributed by atoms with E-state index in [0.29, 0.717) is 12.8 Å². The topological polar surface area (TPSA) is 122 Å². The fourth-order valence-corrected chi connectivity index (χ4v) is 2.36. The number of rotatable bonds is 8. The molecule has 1 heterocycles. The van der Waals surface area contributed by atoms with E-state index in [9.17, 15) is 18.5 Å². The highest BCUT2D eigenvalue weighted by Crippen LogP contribution is 2.12. The summed E-state index contributed by atoms with van der Waals surface area (Å²) >= 11 is 0. The summed E-state index contributed by atoms with van der Waals surface area (Å²) in [6.07, 6.45) is 2.91. The van der Waals surface area contributed by atoms with Crippen LogP contribution in [-0.2, 0) is 10.0 Å². The van der Waals surface area contributed by atoms with Gasteiger partial charge in [0.2, 0.25) is 10.0 Å². The Bertz CT molecular complexity index is 514. The van der Waals surface area contributed by atoms with E-state index in [2.05, 4.69) is 9.71 Å². The highest BCUT2D eigenvalue weighted by molar-refractivity contribution is 7.89. The van der Waals surface area contributed by atoms with Gasteiger partial charge in [-0.3, -0.25) is 0 Å². The predicted octanol–water partition coefficient (Wildman–Crippen LogP) is 0.431. The number of aliphatic hydroxyl groups excluding tert-OH is 1. The third-order valence-electron chi connectivity index (χ3n) is 2.35. The Hall–Kier alpha value is -1.58. The molecule has 0 aliphatic carbocycles. The van der Waals surface area contributed by atoms with Crippen molar-refractivity contribution in [3.8, 4) is 0 Å². The van der Waals surface area contributed by atoms with E-state index in [1.54, 1.807) is 0 Å². The molecular weight excluding hydrogens is 274 g/mol. The molecule has 1 aromatic heterocycles. The lowest BCUT2D eigenvalue weighted by atomic mass is 10.2.